The van der Waals surface area contributed by atoms with E-state index in [0.29, 0.717) is 5.56 Å². The Kier molecular flexibility index (Phi) is 3.28. The first-order valence-electron chi connectivity index (χ1n) is 3.55. The van der Waals surface area contributed by atoms with Crippen molar-refractivity contribution in [3.8, 4) is 6.07 Å². The second-order valence-corrected chi connectivity index (χ2v) is 3.29. The van der Waals surface area contributed by atoms with E-state index in [4.69, 9.17) is 28.5 Å². The van der Waals surface area contributed by atoms with Gasteiger partial charge in [-0.1, -0.05) is 23.2 Å². The van der Waals surface area contributed by atoms with Crippen LogP contribution in [0, 0.1) is 21.4 Å². The van der Waals surface area contributed by atoms with E-state index >= 15 is 0 Å². The molecule has 1 rings (SSSR count). The van der Waals surface area contributed by atoms with Gasteiger partial charge >= 0.3 is 0 Å². The highest BCUT2D eigenvalue weighted by molar-refractivity contribution is 6.43. The molecule has 0 heterocycles. The fraction of sp³-hybridized carbons (Fsp3) is 0.125. The van der Waals surface area contributed by atoms with Crippen molar-refractivity contribution in [1.82, 2.24) is 0 Å². The summed E-state index contributed by atoms with van der Waals surface area (Å²) in [7, 11) is 0. The summed E-state index contributed by atoms with van der Waals surface area (Å²) in [6.07, 6.45) is 0.0672. The van der Waals surface area contributed by atoms with Gasteiger partial charge in [0, 0.05) is 6.07 Å². The highest BCUT2D eigenvalue weighted by Gasteiger charge is 2.16. The molecule has 0 spiro atoms. The average Bonchev–Trinajstić information content (AvgIpc) is 2.11. The summed E-state index contributed by atoms with van der Waals surface area (Å²) in [6, 6.07) is 4.56. The molecule has 0 radical (unpaired) electrons. The second-order valence-electron chi connectivity index (χ2n) is 2.50. The van der Waals surface area contributed by atoms with E-state index < -0.39 is 4.92 Å². The summed E-state index contributed by atoms with van der Waals surface area (Å²) in [5.41, 5.74) is 0.206. The monoisotopic (exact) mass is 230 g/mol. The van der Waals surface area contributed by atoms with Crippen LogP contribution in [0.25, 0.3) is 0 Å². The van der Waals surface area contributed by atoms with E-state index in [-0.39, 0.29) is 22.2 Å². The number of benzene rings is 1. The van der Waals surface area contributed by atoms with E-state index in [1.54, 1.807) is 0 Å². The minimum atomic E-state index is -0.630. The van der Waals surface area contributed by atoms with Crippen molar-refractivity contribution in [2.75, 3.05) is 0 Å². The zero-order chi connectivity index (χ0) is 10.7. The number of halogens is 2. The zero-order valence-electron chi connectivity index (χ0n) is 6.83. The van der Waals surface area contributed by atoms with Gasteiger partial charge in [0.25, 0.3) is 5.69 Å². The molecule has 0 saturated carbocycles. The van der Waals surface area contributed by atoms with E-state index in [2.05, 4.69) is 0 Å². The van der Waals surface area contributed by atoms with Crippen LogP contribution >= 0.6 is 23.2 Å². The molecule has 6 heteroatoms. The Morgan fingerprint density at radius 1 is 1.50 bits per heavy atom. The molecule has 0 amide bonds. The Balaban J connectivity index is 3.29. The molecule has 1 aromatic rings. The van der Waals surface area contributed by atoms with Crippen LogP contribution in [0.4, 0.5) is 5.69 Å². The smallest absolute Gasteiger partial charge is 0.258 e. The molecular formula is C8H4Cl2N2O2. The van der Waals surface area contributed by atoms with Crippen LogP contribution in [-0.4, -0.2) is 4.92 Å². The van der Waals surface area contributed by atoms with E-state index in [0.717, 1.165) is 0 Å². The highest BCUT2D eigenvalue weighted by Crippen LogP contribution is 2.33. The normalized spacial score (nSPS) is 9.50. The molecule has 72 valence electrons. The van der Waals surface area contributed by atoms with E-state index in [1.165, 1.54) is 12.1 Å². The number of hydrogen-bond acceptors (Lipinski definition) is 3. The Bertz CT molecular complexity index is 426. The Morgan fingerprint density at radius 3 is 2.64 bits per heavy atom. The second kappa shape index (κ2) is 4.27. The predicted octanol–water partition coefficient (Wildman–Crippen LogP) is 2.97. The van der Waals surface area contributed by atoms with Crippen LogP contribution in [0.1, 0.15) is 5.56 Å². The Hall–Kier alpha value is -1.31. The SMILES string of the molecule is N#CCc1cc(Cl)c(Cl)c([N+](=O)[O-])c1. The van der Waals surface area contributed by atoms with Crippen molar-refractivity contribution < 1.29 is 4.92 Å². The van der Waals surface area contributed by atoms with Gasteiger partial charge in [-0.2, -0.15) is 5.26 Å². The molecule has 0 bridgehead atoms. The van der Waals surface area contributed by atoms with Gasteiger partial charge in [-0.3, -0.25) is 10.1 Å². The number of nitriles is 1. The summed E-state index contributed by atoms with van der Waals surface area (Å²) in [5.74, 6) is 0. The molecule has 0 atom stereocenters. The quantitative estimate of drug-likeness (QED) is 0.580. The molecule has 0 N–H and O–H groups in total. The standard InChI is InChI=1S/C8H4Cl2N2O2/c9-6-3-5(1-2-11)4-7(8(6)10)12(13)14/h3-4H,1H2. The van der Waals surface area contributed by atoms with Gasteiger partial charge in [0.05, 0.1) is 22.4 Å². The lowest BCUT2D eigenvalue weighted by atomic mass is 10.1. The van der Waals surface area contributed by atoms with Crippen molar-refractivity contribution in [1.29, 1.82) is 5.26 Å². The van der Waals surface area contributed by atoms with Gasteiger partial charge in [-0.05, 0) is 11.6 Å². The van der Waals surface area contributed by atoms with Gasteiger partial charge in [-0.25, -0.2) is 0 Å². The van der Waals surface area contributed by atoms with Crippen LogP contribution in [0.3, 0.4) is 0 Å². The molecule has 0 saturated heterocycles. The minimum absolute atomic E-state index is 0.0672. The van der Waals surface area contributed by atoms with E-state index in [1.807, 2.05) is 6.07 Å². The van der Waals surface area contributed by atoms with Crippen LogP contribution in [0.15, 0.2) is 12.1 Å². The van der Waals surface area contributed by atoms with Gasteiger partial charge in [0.15, 0.2) is 0 Å². The number of nitro benzene ring substituents is 1. The molecule has 14 heavy (non-hydrogen) atoms. The molecule has 1 aromatic carbocycles. The minimum Gasteiger partial charge on any atom is -0.258 e. The molecule has 0 aliphatic carbocycles. The summed E-state index contributed by atoms with van der Waals surface area (Å²) in [6.45, 7) is 0. The summed E-state index contributed by atoms with van der Waals surface area (Å²) < 4.78 is 0. The van der Waals surface area contributed by atoms with Crippen LogP contribution in [-0.2, 0) is 6.42 Å². The molecule has 0 unspecified atom stereocenters. The lowest BCUT2D eigenvalue weighted by molar-refractivity contribution is -0.384. The van der Waals surface area contributed by atoms with Crippen molar-refractivity contribution in [3.05, 3.63) is 37.9 Å². The maximum Gasteiger partial charge on any atom is 0.289 e. The topological polar surface area (TPSA) is 66.9 Å². The average molecular weight is 231 g/mol. The van der Waals surface area contributed by atoms with E-state index in [9.17, 15) is 10.1 Å². The molecule has 0 aromatic heterocycles. The fourth-order valence-corrected chi connectivity index (χ4v) is 1.37. The van der Waals surface area contributed by atoms with Gasteiger partial charge in [0.2, 0.25) is 0 Å². The zero-order valence-corrected chi connectivity index (χ0v) is 8.34. The Labute approximate surface area is 89.8 Å². The van der Waals surface area contributed by atoms with Gasteiger partial charge < -0.3 is 0 Å². The summed E-state index contributed by atoms with van der Waals surface area (Å²) in [5, 5.41) is 18.9. The maximum atomic E-state index is 10.5. The fourth-order valence-electron chi connectivity index (χ4n) is 0.955. The number of nitrogens with zero attached hydrogens (tertiary/aromatic N) is 2. The van der Waals surface area contributed by atoms with Crippen LogP contribution in [0.5, 0.6) is 0 Å². The van der Waals surface area contributed by atoms with Crippen molar-refractivity contribution >= 4 is 28.9 Å². The third kappa shape index (κ3) is 2.13. The van der Waals surface area contributed by atoms with Crippen molar-refractivity contribution in [2.24, 2.45) is 0 Å². The molecule has 0 aliphatic heterocycles. The van der Waals surface area contributed by atoms with Gasteiger partial charge in [0.1, 0.15) is 5.02 Å². The number of nitro groups is 1. The first kappa shape index (κ1) is 10.8. The van der Waals surface area contributed by atoms with Crippen molar-refractivity contribution in [3.63, 3.8) is 0 Å². The summed E-state index contributed by atoms with van der Waals surface area (Å²) >= 11 is 11.3. The first-order chi connectivity index (χ1) is 6.56. The maximum absolute atomic E-state index is 10.5. The van der Waals surface area contributed by atoms with Crippen LogP contribution < -0.4 is 0 Å². The molecular weight excluding hydrogens is 227 g/mol. The lowest BCUT2D eigenvalue weighted by Crippen LogP contribution is -1.92. The third-order valence-electron chi connectivity index (χ3n) is 1.55. The highest BCUT2D eigenvalue weighted by atomic mass is 35.5. The molecule has 4 nitrogen and oxygen atoms in total. The molecule has 0 aliphatic rings. The molecule has 0 fully saturated rings. The Morgan fingerprint density at radius 2 is 2.14 bits per heavy atom. The van der Waals surface area contributed by atoms with Crippen molar-refractivity contribution in [2.45, 2.75) is 6.42 Å². The number of rotatable bonds is 2. The van der Waals surface area contributed by atoms with Crippen LogP contribution in [0.2, 0.25) is 10.0 Å². The predicted molar refractivity (Wildman–Crippen MR) is 52.4 cm³/mol. The number of hydrogen-bond donors (Lipinski definition) is 0. The third-order valence-corrected chi connectivity index (χ3v) is 2.34. The van der Waals surface area contributed by atoms with Gasteiger partial charge in [-0.15, -0.1) is 0 Å². The largest absolute Gasteiger partial charge is 0.289 e. The first-order valence-corrected chi connectivity index (χ1v) is 4.31. The summed E-state index contributed by atoms with van der Waals surface area (Å²) in [4.78, 5) is 9.88. The lowest BCUT2D eigenvalue weighted by Gasteiger charge is -2.00.